The smallest absolute Gasteiger partial charge is 0.355 e. The van der Waals surface area contributed by atoms with Crippen molar-refractivity contribution in [3.8, 4) is 21.8 Å². The summed E-state index contributed by atoms with van der Waals surface area (Å²) in [5, 5.41) is 2.96. The third-order valence-electron chi connectivity index (χ3n) is 4.83. The van der Waals surface area contributed by atoms with Gasteiger partial charge in [-0.25, -0.2) is 14.6 Å². The summed E-state index contributed by atoms with van der Waals surface area (Å²) in [5.41, 5.74) is 3.80. The molecule has 2 aromatic carbocycles. The number of ether oxygens (including phenoxy) is 3. The lowest BCUT2D eigenvalue weighted by Crippen LogP contribution is -2.38. The van der Waals surface area contributed by atoms with Gasteiger partial charge >= 0.3 is 11.9 Å². The summed E-state index contributed by atoms with van der Waals surface area (Å²) in [6.45, 7) is 0.0892. The first-order chi connectivity index (χ1) is 15.1. The van der Waals surface area contributed by atoms with Gasteiger partial charge in [-0.2, -0.15) is 0 Å². The van der Waals surface area contributed by atoms with Crippen LogP contribution in [0.5, 0.6) is 0 Å². The molecular formula is C23H20N2O5S. The molecule has 0 bridgehead atoms. The Morgan fingerprint density at radius 3 is 2.35 bits per heavy atom. The first kappa shape index (κ1) is 20.8. The van der Waals surface area contributed by atoms with Crippen LogP contribution in [0.25, 0.3) is 21.8 Å². The van der Waals surface area contributed by atoms with Crippen molar-refractivity contribution in [1.29, 1.82) is 0 Å². The standard InChI is InChI=1S/C23H20N2O5S/c1-28-22(26)18-12-30-14-25(20(18)23(27)29-2)17-10-8-15(9-11-17)19-13-31-21(24-19)16-6-4-3-5-7-16/h3-11,13H,12,14H2,1-2H3. The predicted octanol–water partition coefficient (Wildman–Crippen LogP) is 3.87. The highest BCUT2D eigenvalue weighted by molar-refractivity contribution is 7.13. The Hall–Kier alpha value is -3.49. The average Bonchev–Trinajstić information content (AvgIpc) is 3.33. The van der Waals surface area contributed by atoms with Gasteiger partial charge in [-0.1, -0.05) is 42.5 Å². The second kappa shape index (κ2) is 9.11. The second-order valence-corrected chi connectivity index (χ2v) is 7.52. The molecule has 1 aliphatic heterocycles. The molecule has 0 amide bonds. The molecule has 0 saturated heterocycles. The quantitative estimate of drug-likeness (QED) is 0.562. The van der Waals surface area contributed by atoms with Crippen LogP contribution < -0.4 is 4.90 Å². The normalized spacial score (nSPS) is 13.8. The lowest BCUT2D eigenvalue weighted by molar-refractivity contribution is -0.140. The highest BCUT2D eigenvalue weighted by Gasteiger charge is 2.32. The predicted molar refractivity (Wildman–Crippen MR) is 117 cm³/mol. The molecule has 3 aromatic rings. The Balaban J connectivity index is 1.64. The maximum atomic E-state index is 12.4. The molecule has 31 heavy (non-hydrogen) atoms. The summed E-state index contributed by atoms with van der Waals surface area (Å²) < 4.78 is 15.2. The lowest BCUT2D eigenvalue weighted by atomic mass is 10.1. The van der Waals surface area contributed by atoms with E-state index in [1.165, 1.54) is 14.2 Å². The minimum absolute atomic E-state index is 0.0211. The largest absolute Gasteiger partial charge is 0.466 e. The first-order valence-electron chi connectivity index (χ1n) is 9.49. The van der Waals surface area contributed by atoms with Crippen LogP contribution in [-0.4, -0.2) is 44.5 Å². The van der Waals surface area contributed by atoms with Crippen LogP contribution in [0.3, 0.4) is 0 Å². The topological polar surface area (TPSA) is 78.0 Å². The van der Waals surface area contributed by atoms with Gasteiger partial charge in [0.25, 0.3) is 0 Å². The van der Waals surface area contributed by atoms with Crippen molar-refractivity contribution in [1.82, 2.24) is 4.98 Å². The van der Waals surface area contributed by atoms with Crippen molar-refractivity contribution in [2.45, 2.75) is 0 Å². The zero-order chi connectivity index (χ0) is 21.8. The van der Waals surface area contributed by atoms with Crippen LogP contribution in [-0.2, 0) is 23.8 Å². The van der Waals surface area contributed by atoms with Crippen molar-refractivity contribution in [2.24, 2.45) is 0 Å². The summed E-state index contributed by atoms with van der Waals surface area (Å²) in [4.78, 5) is 30.9. The van der Waals surface area contributed by atoms with Crippen molar-refractivity contribution < 1.29 is 23.8 Å². The van der Waals surface area contributed by atoms with Gasteiger partial charge in [-0.3, -0.25) is 0 Å². The monoisotopic (exact) mass is 436 g/mol. The Kier molecular flexibility index (Phi) is 6.11. The number of benzene rings is 2. The van der Waals surface area contributed by atoms with E-state index >= 15 is 0 Å². The number of nitrogens with zero attached hydrogens (tertiary/aromatic N) is 2. The van der Waals surface area contributed by atoms with Crippen LogP contribution in [0.2, 0.25) is 0 Å². The highest BCUT2D eigenvalue weighted by atomic mass is 32.1. The fraction of sp³-hybridized carbons (Fsp3) is 0.174. The van der Waals surface area contributed by atoms with Gasteiger partial charge in [-0.05, 0) is 12.1 Å². The number of hydrogen-bond acceptors (Lipinski definition) is 8. The van der Waals surface area contributed by atoms with Crippen molar-refractivity contribution >= 4 is 29.0 Å². The number of anilines is 1. The molecule has 4 rings (SSSR count). The summed E-state index contributed by atoms with van der Waals surface area (Å²) in [5.74, 6) is -1.25. The number of rotatable bonds is 5. The Labute approximate surface area is 183 Å². The molecule has 0 fully saturated rings. The molecule has 1 aliphatic rings. The molecule has 8 heteroatoms. The molecule has 7 nitrogen and oxygen atoms in total. The second-order valence-electron chi connectivity index (χ2n) is 6.67. The van der Waals surface area contributed by atoms with Crippen LogP contribution in [0.4, 0.5) is 5.69 Å². The van der Waals surface area contributed by atoms with Crippen LogP contribution in [0.1, 0.15) is 0 Å². The maximum Gasteiger partial charge on any atom is 0.355 e. The number of carbonyl (C=O) groups is 2. The zero-order valence-electron chi connectivity index (χ0n) is 17.0. The van der Waals surface area contributed by atoms with E-state index in [9.17, 15) is 9.59 Å². The molecule has 0 radical (unpaired) electrons. The van der Waals surface area contributed by atoms with Crippen molar-refractivity contribution in [3.63, 3.8) is 0 Å². The SMILES string of the molecule is COC(=O)C1=C(C(=O)OC)N(c2ccc(-c3csc(-c4ccccc4)n3)cc2)COC1. The summed E-state index contributed by atoms with van der Waals surface area (Å²) in [7, 11) is 2.53. The van der Waals surface area contributed by atoms with E-state index in [4.69, 9.17) is 19.2 Å². The van der Waals surface area contributed by atoms with E-state index in [1.54, 1.807) is 16.2 Å². The number of carbonyl (C=O) groups excluding carboxylic acids is 2. The molecule has 158 valence electrons. The van der Waals surface area contributed by atoms with Gasteiger partial charge in [0.1, 0.15) is 17.4 Å². The minimum atomic E-state index is -0.627. The van der Waals surface area contributed by atoms with Crippen LogP contribution in [0, 0.1) is 0 Å². The van der Waals surface area contributed by atoms with Crippen LogP contribution >= 0.6 is 11.3 Å². The Morgan fingerprint density at radius 2 is 1.68 bits per heavy atom. The number of esters is 2. The molecule has 0 saturated carbocycles. The van der Waals surface area contributed by atoms with Crippen molar-refractivity contribution in [3.05, 3.63) is 71.2 Å². The van der Waals surface area contributed by atoms with E-state index < -0.39 is 11.9 Å². The zero-order valence-corrected chi connectivity index (χ0v) is 17.8. The van der Waals surface area contributed by atoms with Gasteiger partial charge in [0.2, 0.25) is 0 Å². The molecule has 0 aliphatic carbocycles. The molecule has 0 unspecified atom stereocenters. The highest BCUT2D eigenvalue weighted by Crippen LogP contribution is 2.31. The number of aromatic nitrogens is 1. The van der Waals surface area contributed by atoms with E-state index in [-0.39, 0.29) is 24.6 Å². The molecule has 0 atom stereocenters. The minimum Gasteiger partial charge on any atom is -0.466 e. The van der Waals surface area contributed by atoms with Crippen molar-refractivity contribution in [2.75, 3.05) is 32.5 Å². The summed E-state index contributed by atoms with van der Waals surface area (Å²) >= 11 is 1.58. The van der Waals surface area contributed by atoms with E-state index in [1.807, 2.05) is 60.0 Å². The van der Waals surface area contributed by atoms with E-state index in [0.29, 0.717) is 5.69 Å². The molecule has 1 aromatic heterocycles. The third-order valence-corrected chi connectivity index (χ3v) is 5.72. The van der Waals surface area contributed by atoms with Gasteiger partial charge in [0, 0.05) is 22.2 Å². The first-order valence-corrected chi connectivity index (χ1v) is 10.4. The molecule has 0 spiro atoms. The number of thiazole rings is 1. The van der Waals surface area contributed by atoms with Gasteiger partial charge in [-0.15, -0.1) is 11.3 Å². The van der Waals surface area contributed by atoms with Gasteiger partial charge < -0.3 is 19.1 Å². The fourth-order valence-corrected chi connectivity index (χ4v) is 4.11. The van der Waals surface area contributed by atoms with Gasteiger partial charge in [0.05, 0.1) is 32.1 Å². The Morgan fingerprint density at radius 1 is 0.968 bits per heavy atom. The van der Waals surface area contributed by atoms with Crippen LogP contribution in [0.15, 0.2) is 71.2 Å². The number of hydrogen-bond donors (Lipinski definition) is 0. The average molecular weight is 436 g/mol. The third kappa shape index (κ3) is 4.21. The summed E-state index contributed by atoms with van der Waals surface area (Å²) in [6.07, 6.45) is 0. The lowest BCUT2D eigenvalue weighted by Gasteiger charge is -2.31. The number of methoxy groups -OCH3 is 2. The molecule has 0 N–H and O–H groups in total. The molecular weight excluding hydrogens is 416 g/mol. The van der Waals surface area contributed by atoms with E-state index in [0.717, 1.165) is 21.8 Å². The molecule has 2 heterocycles. The van der Waals surface area contributed by atoms with Gasteiger partial charge in [0.15, 0.2) is 0 Å². The van der Waals surface area contributed by atoms with E-state index in [2.05, 4.69) is 0 Å². The summed E-state index contributed by atoms with van der Waals surface area (Å²) in [6, 6.07) is 17.5. The fourth-order valence-electron chi connectivity index (χ4n) is 3.28. The Bertz CT molecular complexity index is 1120. The maximum absolute atomic E-state index is 12.4.